The lowest BCUT2D eigenvalue weighted by Gasteiger charge is -2.13. The van der Waals surface area contributed by atoms with Gasteiger partial charge in [0.1, 0.15) is 11.5 Å². The van der Waals surface area contributed by atoms with E-state index in [0.29, 0.717) is 9.50 Å². The molecule has 0 aliphatic carbocycles. The highest BCUT2D eigenvalue weighted by atomic mass is 79.9. The first-order valence-electron chi connectivity index (χ1n) is 5.47. The van der Waals surface area contributed by atoms with Gasteiger partial charge in [-0.3, -0.25) is 0 Å². The molecule has 0 aliphatic heterocycles. The largest absolute Gasteiger partial charge is 0.454 e. The van der Waals surface area contributed by atoms with Crippen molar-refractivity contribution in [2.75, 3.05) is 5.73 Å². The van der Waals surface area contributed by atoms with Crippen molar-refractivity contribution < 1.29 is 17.9 Å². The van der Waals surface area contributed by atoms with E-state index in [1.165, 1.54) is 12.1 Å². The lowest BCUT2D eigenvalue weighted by Crippen LogP contribution is -2.06. The monoisotopic (exact) mass is 399 g/mol. The minimum Gasteiger partial charge on any atom is -0.454 e. The minimum atomic E-state index is -4.47. The summed E-state index contributed by atoms with van der Waals surface area (Å²) in [5, 5.41) is 0.588. The first-order valence-corrected chi connectivity index (χ1v) is 7.02. The Bertz CT molecular complexity index is 692. The number of anilines is 1. The molecule has 0 spiro atoms. The average molecular weight is 401 g/mol. The van der Waals surface area contributed by atoms with Gasteiger partial charge in [0.05, 0.1) is 21.3 Å². The van der Waals surface area contributed by atoms with Gasteiger partial charge in [-0.25, -0.2) is 0 Å². The Balaban J connectivity index is 2.35. The topological polar surface area (TPSA) is 35.2 Å². The quantitative estimate of drug-likeness (QED) is 0.484. The molecule has 0 saturated carbocycles. The van der Waals surface area contributed by atoms with Crippen LogP contribution >= 0.6 is 39.1 Å². The molecule has 0 heterocycles. The SMILES string of the molecule is Nc1cc(C(F)(F)F)ccc1Oc1cc(Cl)c(Br)cc1Cl. The molecule has 0 radical (unpaired) electrons. The van der Waals surface area contributed by atoms with Gasteiger partial charge in [-0.15, -0.1) is 0 Å². The van der Waals surface area contributed by atoms with E-state index in [9.17, 15) is 13.2 Å². The molecule has 0 atom stereocenters. The number of nitrogens with two attached hydrogens (primary N) is 1. The molecule has 2 N–H and O–H groups in total. The van der Waals surface area contributed by atoms with Crippen LogP contribution in [0.5, 0.6) is 11.5 Å². The fraction of sp³-hybridized carbons (Fsp3) is 0.0769. The van der Waals surface area contributed by atoms with Crippen molar-refractivity contribution in [3.05, 3.63) is 50.4 Å². The van der Waals surface area contributed by atoms with E-state index in [0.717, 1.165) is 18.2 Å². The van der Waals surface area contributed by atoms with Gasteiger partial charge in [0, 0.05) is 10.5 Å². The highest BCUT2D eigenvalue weighted by Crippen LogP contribution is 2.39. The summed E-state index contributed by atoms with van der Waals surface area (Å²) in [5.74, 6) is 0.250. The Labute approximate surface area is 136 Å². The van der Waals surface area contributed by atoms with Crippen molar-refractivity contribution in [1.82, 2.24) is 0 Å². The van der Waals surface area contributed by atoms with Gasteiger partial charge in [0.15, 0.2) is 0 Å². The lowest BCUT2D eigenvalue weighted by molar-refractivity contribution is -0.137. The maximum atomic E-state index is 12.5. The fourth-order valence-electron chi connectivity index (χ4n) is 1.52. The Morgan fingerprint density at radius 2 is 1.67 bits per heavy atom. The van der Waals surface area contributed by atoms with Gasteiger partial charge in [-0.05, 0) is 40.2 Å². The van der Waals surface area contributed by atoms with Crippen LogP contribution in [-0.4, -0.2) is 0 Å². The van der Waals surface area contributed by atoms with E-state index in [-0.39, 0.29) is 22.2 Å². The van der Waals surface area contributed by atoms with Crippen molar-refractivity contribution in [3.63, 3.8) is 0 Å². The predicted molar refractivity (Wildman–Crippen MR) is 80.1 cm³/mol. The molecule has 2 rings (SSSR count). The van der Waals surface area contributed by atoms with Crippen molar-refractivity contribution >= 4 is 44.8 Å². The summed E-state index contributed by atoms with van der Waals surface area (Å²) in [6, 6.07) is 5.75. The molecule has 2 aromatic rings. The van der Waals surface area contributed by atoms with Crippen molar-refractivity contribution in [1.29, 1.82) is 0 Å². The summed E-state index contributed by atoms with van der Waals surface area (Å²) in [5.41, 5.74) is 4.57. The number of ether oxygens (including phenoxy) is 1. The molecule has 112 valence electrons. The lowest BCUT2D eigenvalue weighted by atomic mass is 10.2. The number of benzene rings is 2. The zero-order valence-corrected chi connectivity index (χ0v) is 13.2. The first kappa shape index (κ1) is 16.3. The summed E-state index contributed by atoms with van der Waals surface area (Å²) in [4.78, 5) is 0. The van der Waals surface area contributed by atoms with Crippen LogP contribution in [0.4, 0.5) is 18.9 Å². The number of alkyl halides is 3. The minimum absolute atomic E-state index is 0.0586. The predicted octanol–water partition coefficient (Wildman–Crippen LogP) is 6.15. The fourth-order valence-corrected chi connectivity index (χ4v) is 2.35. The van der Waals surface area contributed by atoms with Crippen molar-refractivity contribution in [3.8, 4) is 11.5 Å². The zero-order chi connectivity index (χ0) is 15.8. The maximum absolute atomic E-state index is 12.5. The van der Waals surface area contributed by atoms with E-state index >= 15 is 0 Å². The molecule has 0 unspecified atom stereocenters. The molecule has 0 amide bonds. The van der Waals surface area contributed by atoms with Crippen LogP contribution in [0.25, 0.3) is 0 Å². The number of hydrogen-bond acceptors (Lipinski definition) is 2. The van der Waals surface area contributed by atoms with E-state index in [4.69, 9.17) is 33.7 Å². The van der Waals surface area contributed by atoms with Crippen LogP contribution in [0.2, 0.25) is 10.0 Å². The van der Waals surface area contributed by atoms with Gasteiger partial charge in [-0.1, -0.05) is 23.2 Å². The van der Waals surface area contributed by atoms with Gasteiger partial charge < -0.3 is 10.5 Å². The molecule has 0 fully saturated rings. The summed E-state index contributed by atoms with van der Waals surface area (Å²) in [7, 11) is 0. The van der Waals surface area contributed by atoms with Crippen LogP contribution in [0.3, 0.4) is 0 Å². The molecule has 2 aromatic carbocycles. The number of rotatable bonds is 2. The second kappa shape index (κ2) is 5.94. The first-order chi connectivity index (χ1) is 9.68. The van der Waals surface area contributed by atoms with E-state index in [2.05, 4.69) is 15.9 Å². The molecule has 2 nitrogen and oxygen atoms in total. The van der Waals surface area contributed by atoms with Gasteiger partial charge in [0.25, 0.3) is 0 Å². The summed E-state index contributed by atoms with van der Waals surface area (Å²) < 4.78 is 43.6. The maximum Gasteiger partial charge on any atom is 0.416 e. The third-order valence-electron chi connectivity index (χ3n) is 2.53. The van der Waals surface area contributed by atoms with Crippen molar-refractivity contribution in [2.45, 2.75) is 6.18 Å². The molecule has 8 heteroatoms. The zero-order valence-electron chi connectivity index (χ0n) is 10.1. The third kappa shape index (κ3) is 3.75. The van der Waals surface area contributed by atoms with Gasteiger partial charge in [-0.2, -0.15) is 13.2 Å². The summed E-state index contributed by atoms with van der Waals surface area (Å²) in [6.45, 7) is 0. The molecule has 0 aliphatic rings. The Kier molecular flexibility index (Phi) is 4.60. The van der Waals surface area contributed by atoms with Crippen LogP contribution in [0, 0.1) is 0 Å². The van der Waals surface area contributed by atoms with Gasteiger partial charge >= 0.3 is 6.18 Å². The van der Waals surface area contributed by atoms with E-state index < -0.39 is 11.7 Å². The molecule has 0 bridgehead atoms. The Morgan fingerprint density at radius 1 is 1.00 bits per heavy atom. The normalized spacial score (nSPS) is 11.5. The van der Waals surface area contributed by atoms with E-state index in [1.54, 1.807) is 0 Å². The second-order valence-corrected chi connectivity index (χ2v) is 5.72. The summed E-state index contributed by atoms with van der Waals surface area (Å²) >= 11 is 15.1. The molecule has 21 heavy (non-hydrogen) atoms. The van der Waals surface area contributed by atoms with E-state index in [1.807, 2.05) is 0 Å². The Hall–Kier alpha value is -1.11. The smallest absolute Gasteiger partial charge is 0.416 e. The van der Waals surface area contributed by atoms with Crippen LogP contribution in [0.15, 0.2) is 34.8 Å². The Morgan fingerprint density at radius 3 is 2.24 bits per heavy atom. The number of nitrogen functional groups attached to an aromatic ring is 1. The highest BCUT2D eigenvalue weighted by molar-refractivity contribution is 9.10. The highest BCUT2D eigenvalue weighted by Gasteiger charge is 2.31. The van der Waals surface area contributed by atoms with Gasteiger partial charge in [0.2, 0.25) is 0 Å². The van der Waals surface area contributed by atoms with Crippen LogP contribution in [-0.2, 0) is 6.18 Å². The molecular formula is C13H7BrCl2F3NO. The van der Waals surface area contributed by atoms with Crippen LogP contribution < -0.4 is 10.5 Å². The standard InChI is InChI=1S/C13H7BrCl2F3NO/c14-7-4-9(16)12(5-8(7)15)21-11-2-1-6(3-10(11)20)13(17,18)19/h1-5H,20H2. The molecule has 0 saturated heterocycles. The number of halogens is 6. The number of hydrogen-bond donors (Lipinski definition) is 1. The van der Waals surface area contributed by atoms with Crippen LogP contribution in [0.1, 0.15) is 5.56 Å². The van der Waals surface area contributed by atoms with Crippen molar-refractivity contribution in [2.24, 2.45) is 0 Å². The third-order valence-corrected chi connectivity index (χ3v) is 4.02. The molecule has 0 aromatic heterocycles. The average Bonchev–Trinajstić information content (AvgIpc) is 2.36. The molecular weight excluding hydrogens is 394 g/mol. The second-order valence-electron chi connectivity index (χ2n) is 4.05. The summed E-state index contributed by atoms with van der Waals surface area (Å²) in [6.07, 6.45) is -4.47.